The van der Waals surface area contributed by atoms with Crippen LogP contribution in [0.4, 0.5) is 5.69 Å². The van der Waals surface area contributed by atoms with Gasteiger partial charge in [0.1, 0.15) is 6.04 Å². The Morgan fingerprint density at radius 1 is 1.50 bits per heavy atom. The van der Waals surface area contributed by atoms with E-state index in [4.69, 9.17) is 27.9 Å². The Morgan fingerprint density at radius 2 is 2.22 bits per heavy atom. The van der Waals surface area contributed by atoms with Crippen molar-refractivity contribution in [3.05, 3.63) is 27.7 Å². The lowest BCUT2D eigenvalue weighted by molar-refractivity contribution is -0.144. The van der Waals surface area contributed by atoms with Gasteiger partial charge in [-0.3, -0.25) is 4.79 Å². The molecule has 1 aromatic rings. The number of hydrogen-bond acceptors (Lipinski definition) is 4. The predicted molar refractivity (Wildman–Crippen MR) is 69.5 cm³/mol. The van der Waals surface area contributed by atoms with Crippen molar-refractivity contribution in [3.8, 4) is 0 Å². The Balaban J connectivity index is 2.34. The summed E-state index contributed by atoms with van der Waals surface area (Å²) in [5.41, 5.74) is 0.850. The van der Waals surface area contributed by atoms with Crippen LogP contribution in [0.5, 0.6) is 0 Å². The molecule has 1 aliphatic heterocycles. The molecule has 1 aliphatic rings. The second kappa shape index (κ2) is 5.16. The largest absolute Gasteiger partial charge is 0.464 e. The number of ketones is 1. The minimum atomic E-state index is -0.681. The maximum Gasteiger partial charge on any atom is 0.329 e. The van der Waals surface area contributed by atoms with Crippen molar-refractivity contribution in [1.29, 1.82) is 0 Å². The molecule has 1 atom stereocenters. The Kier molecular flexibility index (Phi) is 3.78. The molecular formula is C12H11Cl2NO3. The van der Waals surface area contributed by atoms with Crippen LogP contribution in [0.15, 0.2) is 12.1 Å². The van der Waals surface area contributed by atoms with E-state index in [1.807, 2.05) is 0 Å². The lowest BCUT2D eigenvalue weighted by Crippen LogP contribution is -2.37. The number of rotatable bonds is 2. The molecule has 0 aromatic heterocycles. The standard InChI is InChI=1S/C12H11Cl2NO3/c1-2-18-12(17)9-5-10(16)11-7(14)3-6(13)4-8(11)15-9/h3-4,9,15H,2,5H2,1H3/t9-/m0/s1. The SMILES string of the molecule is CCOC(=O)[C@@H]1CC(=O)c2c(Cl)cc(Cl)cc2N1. The molecule has 96 valence electrons. The molecule has 0 fully saturated rings. The fourth-order valence-corrected chi connectivity index (χ4v) is 2.48. The van der Waals surface area contributed by atoms with E-state index in [9.17, 15) is 9.59 Å². The fraction of sp³-hybridized carbons (Fsp3) is 0.333. The number of esters is 1. The molecular weight excluding hydrogens is 277 g/mol. The van der Waals surface area contributed by atoms with E-state index < -0.39 is 12.0 Å². The van der Waals surface area contributed by atoms with Crippen LogP contribution in [0.2, 0.25) is 10.0 Å². The summed E-state index contributed by atoms with van der Waals surface area (Å²) in [6.45, 7) is 1.98. The number of carbonyl (C=O) groups is 2. The number of Topliss-reactive ketones (excluding diaryl/α,β-unsaturated/α-hetero) is 1. The molecule has 4 nitrogen and oxygen atoms in total. The highest BCUT2D eigenvalue weighted by Gasteiger charge is 2.32. The zero-order valence-corrected chi connectivity index (χ0v) is 11.1. The average molecular weight is 288 g/mol. The Morgan fingerprint density at radius 3 is 2.89 bits per heavy atom. The van der Waals surface area contributed by atoms with E-state index >= 15 is 0 Å². The van der Waals surface area contributed by atoms with Gasteiger partial charge < -0.3 is 10.1 Å². The van der Waals surface area contributed by atoms with Crippen molar-refractivity contribution in [2.24, 2.45) is 0 Å². The smallest absolute Gasteiger partial charge is 0.329 e. The third-order valence-corrected chi connectivity index (χ3v) is 3.14. The zero-order chi connectivity index (χ0) is 13.3. The Hall–Kier alpha value is -1.26. The molecule has 1 heterocycles. The molecule has 0 saturated heterocycles. The van der Waals surface area contributed by atoms with Gasteiger partial charge in [0.2, 0.25) is 0 Å². The van der Waals surface area contributed by atoms with Gasteiger partial charge in [0.25, 0.3) is 0 Å². The lowest BCUT2D eigenvalue weighted by atomic mass is 9.96. The Labute approximate surface area is 114 Å². The molecule has 1 N–H and O–H groups in total. The maximum atomic E-state index is 12.0. The van der Waals surface area contributed by atoms with E-state index in [1.165, 1.54) is 6.07 Å². The number of anilines is 1. The number of benzene rings is 1. The first-order valence-electron chi connectivity index (χ1n) is 5.48. The van der Waals surface area contributed by atoms with E-state index in [1.54, 1.807) is 13.0 Å². The van der Waals surface area contributed by atoms with E-state index in [2.05, 4.69) is 5.32 Å². The van der Waals surface area contributed by atoms with Gasteiger partial charge in [-0.15, -0.1) is 0 Å². The van der Waals surface area contributed by atoms with E-state index in [-0.39, 0.29) is 23.8 Å². The monoisotopic (exact) mass is 287 g/mol. The van der Waals surface area contributed by atoms with Gasteiger partial charge in [0.05, 0.1) is 17.2 Å². The van der Waals surface area contributed by atoms with Gasteiger partial charge in [-0.05, 0) is 19.1 Å². The van der Waals surface area contributed by atoms with Crippen LogP contribution in [0, 0.1) is 0 Å². The number of halogens is 2. The van der Waals surface area contributed by atoms with Gasteiger partial charge in [0, 0.05) is 17.1 Å². The first kappa shape index (κ1) is 13.2. The highest BCUT2D eigenvalue weighted by atomic mass is 35.5. The molecule has 0 radical (unpaired) electrons. The summed E-state index contributed by atoms with van der Waals surface area (Å²) < 4.78 is 4.89. The van der Waals surface area contributed by atoms with Crippen molar-refractivity contribution >= 4 is 40.6 Å². The van der Waals surface area contributed by atoms with Crippen LogP contribution in [0.1, 0.15) is 23.7 Å². The lowest BCUT2D eigenvalue weighted by Gasteiger charge is -2.25. The van der Waals surface area contributed by atoms with Crippen LogP contribution in [-0.4, -0.2) is 24.4 Å². The van der Waals surface area contributed by atoms with Gasteiger partial charge in [-0.2, -0.15) is 0 Å². The molecule has 1 aromatic carbocycles. The Bertz CT molecular complexity index is 516. The van der Waals surface area contributed by atoms with Crippen LogP contribution < -0.4 is 5.32 Å². The topological polar surface area (TPSA) is 55.4 Å². The molecule has 0 saturated carbocycles. The number of ether oxygens (including phenoxy) is 1. The van der Waals surface area contributed by atoms with Gasteiger partial charge in [-0.25, -0.2) is 4.79 Å². The highest BCUT2D eigenvalue weighted by Crippen LogP contribution is 2.34. The molecule has 2 rings (SSSR count). The average Bonchev–Trinajstić information content (AvgIpc) is 2.27. The molecule has 18 heavy (non-hydrogen) atoms. The zero-order valence-electron chi connectivity index (χ0n) is 9.63. The summed E-state index contributed by atoms with van der Waals surface area (Å²) in [6.07, 6.45) is 0.0349. The van der Waals surface area contributed by atoms with Crippen LogP contribution in [0.3, 0.4) is 0 Å². The molecule has 6 heteroatoms. The van der Waals surface area contributed by atoms with E-state index in [0.29, 0.717) is 16.3 Å². The fourth-order valence-electron chi connectivity index (χ4n) is 1.88. The predicted octanol–water partition coefficient (Wildman–Crippen LogP) is 2.92. The number of fused-ring (bicyclic) bond motifs is 1. The second-order valence-corrected chi connectivity index (χ2v) is 4.73. The normalized spacial score (nSPS) is 17.9. The van der Waals surface area contributed by atoms with Crippen molar-refractivity contribution in [1.82, 2.24) is 0 Å². The second-order valence-electron chi connectivity index (χ2n) is 3.89. The number of hydrogen-bond donors (Lipinski definition) is 1. The molecule has 0 spiro atoms. The van der Waals surface area contributed by atoms with Crippen molar-refractivity contribution < 1.29 is 14.3 Å². The summed E-state index contributed by atoms with van der Waals surface area (Å²) in [5, 5.41) is 3.62. The molecule has 0 amide bonds. The third-order valence-electron chi connectivity index (χ3n) is 2.62. The molecule has 0 aliphatic carbocycles. The van der Waals surface area contributed by atoms with Crippen molar-refractivity contribution in [2.75, 3.05) is 11.9 Å². The van der Waals surface area contributed by atoms with Gasteiger partial charge in [-0.1, -0.05) is 23.2 Å². The number of carbonyl (C=O) groups excluding carboxylic acids is 2. The minimum absolute atomic E-state index is 0.0349. The van der Waals surface area contributed by atoms with Gasteiger partial charge in [0.15, 0.2) is 5.78 Å². The third kappa shape index (κ3) is 2.44. The minimum Gasteiger partial charge on any atom is -0.464 e. The van der Waals surface area contributed by atoms with Crippen LogP contribution in [-0.2, 0) is 9.53 Å². The maximum absolute atomic E-state index is 12.0. The summed E-state index contributed by atoms with van der Waals surface area (Å²) in [4.78, 5) is 23.6. The molecule has 0 bridgehead atoms. The van der Waals surface area contributed by atoms with Crippen molar-refractivity contribution in [2.45, 2.75) is 19.4 Å². The highest BCUT2D eigenvalue weighted by molar-refractivity contribution is 6.38. The summed E-state index contributed by atoms with van der Waals surface area (Å²) >= 11 is 11.8. The van der Waals surface area contributed by atoms with E-state index in [0.717, 1.165) is 0 Å². The van der Waals surface area contributed by atoms with Gasteiger partial charge >= 0.3 is 5.97 Å². The van der Waals surface area contributed by atoms with Crippen LogP contribution >= 0.6 is 23.2 Å². The quantitative estimate of drug-likeness (QED) is 0.850. The van der Waals surface area contributed by atoms with Crippen LogP contribution in [0.25, 0.3) is 0 Å². The van der Waals surface area contributed by atoms with Crippen molar-refractivity contribution in [3.63, 3.8) is 0 Å². The summed E-state index contributed by atoms with van der Waals surface area (Å²) in [7, 11) is 0. The number of nitrogens with one attached hydrogen (secondary N) is 1. The molecule has 0 unspecified atom stereocenters. The summed E-state index contributed by atoms with van der Waals surface area (Å²) in [6, 6.07) is 2.40. The summed E-state index contributed by atoms with van der Waals surface area (Å²) in [5.74, 6) is -0.643. The first-order valence-corrected chi connectivity index (χ1v) is 6.24. The first-order chi connectivity index (χ1) is 8.52.